The predicted octanol–water partition coefficient (Wildman–Crippen LogP) is 2.03. The van der Waals surface area contributed by atoms with E-state index in [0.717, 1.165) is 37.7 Å². The van der Waals surface area contributed by atoms with Gasteiger partial charge in [-0.2, -0.15) is 0 Å². The number of rotatable bonds is 2. The number of hydrogen-bond acceptors (Lipinski definition) is 2. The number of nitrogens with one attached hydrogen (secondary N) is 1. The van der Waals surface area contributed by atoms with Gasteiger partial charge in [-0.1, -0.05) is 24.6 Å². The Labute approximate surface area is 143 Å². The van der Waals surface area contributed by atoms with Gasteiger partial charge in [0.1, 0.15) is 0 Å². The molecule has 0 unspecified atom stereocenters. The Bertz CT molecular complexity index is 665. The number of likely N-dealkylation sites (tertiary alicyclic amines) is 1. The summed E-state index contributed by atoms with van der Waals surface area (Å²) in [7, 11) is 1.81. The van der Waals surface area contributed by atoms with E-state index in [1.54, 1.807) is 0 Å². The zero-order valence-corrected chi connectivity index (χ0v) is 14.4. The standard InChI is InChI=1S/C19H26N4O/c1-20-18(22-12-10-19(14-22)8-4-9-19)21-13-17(24)23-11-7-15-5-2-3-6-16(15)23/h2-3,5-6H,4,7-14H2,1H3,(H,20,21). The number of fused-ring (bicyclic) bond motifs is 1. The first-order valence-corrected chi connectivity index (χ1v) is 9.05. The van der Waals surface area contributed by atoms with Crippen molar-refractivity contribution >= 4 is 17.6 Å². The lowest BCUT2D eigenvalue weighted by Gasteiger charge is -2.38. The number of guanidine groups is 1. The summed E-state index contributed by atoms with van der Waals surface area (Å²) in [4.78, 5) is 21.2. The first kappa shape index (κ1) is 15.5. The summed E-state index contributed by atoms with van der Waals surface area (Å²) in [6.45, 7) is 3.24. The van der Waals surface area contributed by atoms with E-state index in [2.05, 4.69) is 21.3 Å². The van der Waals surface area contributed by atoms with Crippen LogP contribution in [0.5, 0.6) is 0 Å². The van der Waals surface area contributed by atoms with Crippen molar-refractivity contribution < 1.29 is 4.79 Å². The van der Waals surface area contributed by atoms with Gasteiger partial charge in [-0.05, 0) is 42.7 Å². The number of para-hydroxylation sites is 1. The molecule has 1 aromatic rings. The van der Waals surface area contributed by atoms with Crippen molar-refractivity contribution in [3.8, 4) is 0 Å². The highest BCUT2D eigenvalue weighted by Crippen LogP contribution is 2.47. The fraction of sp³-hybridized carbons (Fsp3) is 0.579. The third kappa shape index (κ3) is 2.66. The fourth-order valence-electron chi connectivity index (χ4n) is 4.38. The maximum atomic E-state index is 12.6. The van der Waals surface area contributed by atoms with E-state index in [0.29, 0.717) is 12.0 Å². The average Bonchev–Trinajstić information content (AvgIpc) is 3.20. The number of amides is 1. The van der Waals surface area contributed by atoms with Crippen molar-refractivity contribution in [1.82, 2.24) is 10.2 Å². The van der Waals surface area contributed by atoms with Gasteiger partial charge in [0.25, 0.3) is 0 Å². The molecule has 1 amide bonds. The van der Waals surface area contributed by atoms with Crippen molar-refractivity contribution in [2.24, 2.45) is 10.4 Å². The summed E-state index contributed by atoms with van der Waals surface area (Å²) < 4.78 is 0. The van der Waals surface area contributed by atoms with Gasteiger partial charge in [0.15, 0.2) is 5.96 Å². The van der Waals surface area contributed by atoms with Crippen LogP contribution in [0.2, 0.25) is 0 Å². The highest BCUT2D eigenvalue weighted by molar-refractivity contribution is 5.98. The SMILES string of the molecule is CN=C(NCC(=O)N1CCc2ccccc21)N1CCC2(CCC2)C1. The molecule has 5 nitrogen and oxygen atoms in total. The zero-order chi connectivity index (χ0) is 16.6. The average molecular weight is 326 g/mol. The maximum absolute atomic E-state index is 12.6. The van der Waals surface area contributed by atoms with Gasteiger partial charge in [0.2, 0.25) is 5.91 Å². The summed E-state index contributed by atoms with van der Waals surface area (Å²) in [6.07, 6.45) is 6.28. The molecular weight excluding hydrogens is 300 g/mol. The highest BCUT2D eigenvalue weighted by atomic mass is 16.2. The van der Waals surface area contributed by atoms with Gasteiger partial charge in [-0.25, -0.2) is 0 Å². The van der Waals surface area contributed by atoms with Gasteiger partial charge >= 0.3 is 0 Å². The predicted molar refractivity (Wildman–Crippen MR) is 96.3 cm³/mol. The molecule has 2 aliphatic heterocycles. The first-order valence-electron chi connectivity index (χ1n) is 9.05. The van der Waals surface area contributed by atoms with Gasteiger partial charge in [-0.15, -0.1) is 0 Å². The number of carbonyl (C=O) groups is 1. The van der Waals surface area contributed by atoms with Crippen LogP contribution in [0.4, 0.5) is 5.69 Å². The first-order chi connectivity index (χ1) is 11.7. The largest absolute Gasteiger partial charge is 0.347 e. The Morgan fingerprint density at radius 1 is 1.25 bits per heavy atom. The number of carbonyl (C=O) groups excluding carboxylic acids is 1. The van der Waals surface area contributed by atoms with E-state index in [-0.39, 0.29) is 5.91 Å². The molecule has 4 rings (SSSR count). The Morgan fingerprint density at radius 3 is 2.79 bits per heavy atom. The summed E-state index contributed by atoms with van der Waals surface area (Å²) >= 11 is 0. The zero-order valence-electron chi connectivity index (χ0n) is 14.4. The molecule has 1 spiro atoms. The Kier molecular flexibility index (Phi) is 3.94. The third-order valence-corrected chi connectivity index (χ3v) is 5.95. The smallest absolute Gasteiger partial charge is 0.246 e. The quantitative estimate of drug-likeness (QED) is 0.668. The normalized spacial score (nSPS) is 21.8. The lowest BCUT2D eigenvalue weighted by molar-refractivity contribution is -0.117. The van der Waals surface area contributed by atoms with E-state index in [4.69, 9.17) is 0 Å². The van der Waals surface area contributed by atoms with Gasteiger partial charge in [-0.3, -0.25) is 9.79 Å². The van der Waals surface area contributed by atoms with E-state index < -0.39 is 0 Å². The Balaban J connectivity index is 1.35. The number of nitrogens with zero attached hydrogens (tertiary/aromatic N) is 3. The number of hydrogen-bond donors (Lipinski definition) is 1. The van der Waals surface area contributed by atoms with Crippen molar-refractivity contribution in [3.05, 3.63) is 29.8 Å². The minimum Gasteiger partial charge on any atom is -0.347 e. The van der Waals surface area contributed by atoms with Crippen LogP contribution in [0.3, 0.4) is 0 Å². The molecule has 0 atom stereocenters. The molecule has 1 saturated carbocycles. The molecular formula is C19H26N4O. The van der Waals surface area contributed by atoms with Crippen LogP contribution in [-0.2, 0) is 11.2 Å². The number of anilines is 1. The van der Waals surface area contributed by atoms with Crippen LogP contribution in [0.15, 0.2) is 29.3 Å². The van der Waals surface area contributed by atoms with Gasteiger partial charge < -0.3 is 15.1 Å². The second kappa shape index (κ2) is 6.11. The molecule has 1 aromatic carbocycles. The topological polar surface area (TPSA) is 47.9 Å². The van der Waals surface area contributed by atoms with Crippen LogP contribution in [0, 0.1) is 5.41 Å². The Morgan fingerprint density at radius 2 is 2.08 bits per heavy atom. The van der Waals surface area contributed by atoms with E-state index in [9.17, 15) is 4.79 Å². The van der Waals surface area contributed by atoms with Crippen molar-refractivity contribution in [3.63, 3.8) is 0 Å². The van der Waals surface area contributed by atoms with Crippen molar-refractivity contribution in [2.45, 2.75) is 32.1 Å². The van der Waals surface area contributed by atoms with Crippen molar-refractivity contribution in [1.29, 1.82) is 0 Å². The molecule has 24 heavy (non-hydrogen) atoms. The molecule has 0 radical (unpaired) electrons. The molecule has 2 heterocycles. The second-order valence-corrected chi connectivity index (χ2v) is 7.35. The fourth-order valence-corrected chi connectivity index (χ4v) is 4.38. The monoisotopic (exact) mass is 326 g/mol. The molecule has 1 aliphatic carbocycles. The highest BCUT2D eigenvalue weighted by Gasteiger charge is 2.43. The summed E-state index contributed by atoms with van der Waals surface area (Å²) in [5, 5.41) is 3.29. The lowest BCUT2D eigenvalue weighted by Crippen LogP contribution is -2.46. The van der Waals surface area contributed by atoms with Crippen LogP contribution in [0.25, 0.3) is 0 Å². The molecule has 3 aliphatic rings. The van der Waals surface area contributed by atoms with Crippen LogP contribution < -0.4 is 10.2 Å². The maximum Gasteiger partial charge on any atom is 0.246 e. The van der Waals surface area contributed by atoms with Crippen LogP contribution in [-0.4, -0.2) is 50.0 Å². The molecule has 0 bridgehead atoms. The second-order valence-electron chi connectivity index (χ2n) is 7.35. The molecule has 1 saturated heterocycles. The summed E-state index contributed by atoms with van der Waals surface area (Å²) in [5.74, 6) is 0.998. The molecule has 2 fully saturated rings. The molecule has 1 N–H and O–H groups in total. The Hall–Kier alpha value is -2.04. The van der Waals surface area contributed by atoms with E-state index in [1.807, 2.05) is 30.1 Å². The van der Waals surface area contributed by atoms with Crippen LogP contribution in [0.1, 0.15) is 31.2 Å². The lowest BCUT2D eigenvalue weighted by atomic mass is 9.68. The van der Waals surface area contributed by atoms with E-state index in [1.165, 1.54) is 31.2 Å². The number of benzene rings is 1. The van der Waals surface area contributed by atoms with Gasteiger partial charge in [0, 0.05) is 32.4 Å². The third-order valence-electron chi connectivity index (χ3n) is 5.95. The minimum atomic E-state index is 0.124. The minimum absolute atomic E-state index is 0.124. The van der Waals surface area contributed by atoms with E-state index >= 15 is 0 Å². The molecule has 128 valence electrons. The van der Waals surface area contributed by atoms with Gasteiger partial charge in [0.05, 0.1) is 6.54 Å². The molecule has 0 aromatic heterocycles. The number of aliphatic imine (C=N–C) groups is 1. The summed E-state index contributed by atoms with van der Waals surface area (Å²) in [6, 6.07) is 8.18. The molecule has 5 heteroatoms. The van der Waals surface area contributed by atoms with Crippen LogP contribution >= 0.6 is 0 Å². The van der Waals surface area contributed by atoms with Crippen molar-refractivity contribution in [2.75, 3.05) is 38.1 Å². The summed E-state index contributed by atoms with van der Waals surface area (Å²) in [5.41, 5.74) is 2.87.